The summed E-state index contributed by atoms with van der Waals surface area (Å²) >= 11 is 5.98. The monoisotopic (exact) mass is 490 g/mol. The minimum absolute atomic E-state index is 0.320. The highest BCUT2D eigenvalue weighted by Gasteiger charge is 2.38. The minimum atomic E-state index is -0.439. The molecule has 3 unspecified atom stereocenters. The highest BCUT2D eigenvalue weighted by Crippen LogP contribution is 2.91. The SMILES string of the molecule is Cc1nc([SH]2SN(c3ccccc3)[SH](Br)[SH]2c2ccccc2)sc1C. The van der Waals surface area contributed by atoms with E-state index < -0.39 is 8.55 Å². The quantitative estimate of drug-likeness (QED) is 0.202. The van der Waals surface area contributed by atoms with Crippen molar-refractivity contribution in [1.29, 1.82) is 0 Å². The van der Waals surface area contributed by atoms with Gasteiger partial charge in [-0.15, -0.1) is 20.3 Å². The van der Waals surface area contributed by atoms with Gasteiger partial charge in [0, 0.05) is 20.8 Å². The van der Waals surface area contributed by atoms with Crippen molar-refractivity contribution in [1.82, 2.24) is 4.98 Å². The summed E-state index contributed by atoms with van der Waals surface area (Å²) in [6.45, 7) is 4.31. The van der Waals surface area contributed by atoms with Gasteiger partial charge in [0.2, 0.25) is 0 Å². The number of hydrogen-bond donors (Lipinski definition) is 3. The number of nitrogens with zero attached hydrogens (tertiary/aromatic N) is 2. The van der Waals surface area contributed by atoms with E-state index in [1.54, 1.807) is 0 Å². The molecule has 1 aliphatic heterocycles. The third-order valence-corrected chi connectivity index (χ3v) is 29.5. The largest absolute Gasteiger partial charge is 0.254 e. The molecule has 3 atom stereocenters. The van der Waals surface area contributed by atoms with E-state index in [0.29, 0.717) is 0 Å². The summed E-state index contributed by atoms with van der Waals surface area (Å²) in [4.78, 5) is 7.76. The Kier molecular flexibility index (Phi) is 5.64. The molecule has 0 amide bonds. The van der Waals surface area contributed by atoms with Crippen LogP contribution in [0.3, 0.4) is 0 Å². The average Bonchev–Trinajstić information content (AvgIpc) is 3.16. The van der Waals surface area contributed by atoms with E-state index in [9.17, 15) is 0 Å². The number of thiazole rings is 1. The normalized spacial score (nSPS) is 27.5. The predicted octanol–water partition coefficient (Wildman–Crippen LogP) is 7.32. The lowest BCUT2D eigenvalue weighted by Gasteiger charge is -2.29. The zero-order valence-corrected chi connectivity index (χ0v) is 19.6. The highest BCUT2D eigenvalue weighted by atomic mass is 79.9. The molecule has 1 aliphatic rings. The van der Waals surface area contributed by atoms with Crippen LogP contribution in [0.25, 0.3) is 0 Å². The van der Waals surface area contributed by atoms with Gasteiger partial charge >= 0.3 is 0 Å². The van der Waals surface area contributed by atoms with Crippen molar-refractivity contribution < 1.29 is 0 Å². The Morgan fingerprint density at radius 2 is 1.60 bits per heavy atom. The maximum Gasteiger partial charge on any atom is 0.149 e. The Labute approximate surface area is 171 Å². The van der Waals surface area contributed by atoms with E-state index in [-0.39, 0.29) is 17.9 Å². The van der Waals surface area contributed by atoms with Gasteiger partial charge in [-0.1, -0.05) is 53.9 Å². The molecule has 0 aliphatic carbocycles. The van der Waals surface area contributed by atoms with Gasteiger partial charge in [0.1, 0.15) is 4.34 Å². The number of para-hydroxylation sites is 1. The topological polar surface area (TPSA) is 16.1 Å². The second-order valence-electron chi connectivity index (χ2n) is 5.47. The third-order valence-electron chi connectivity index (χ3n) is 3.78. The summed E-state index contributed by atoms with van der Waals surface area (Å²) in [5, 5.41) is 0. The average molecular weight is 492 g/mol. The molecule has 0 radical (unpaired) electrons. The van der Waals surface area contributed by atoms with Crippen molar-refractivity contribution in [3.63, 3.8) is 0 Å². The molecule has 1 aromatic heterocycles. The molecule has 25 heavy (non-hydrogen) atoms. The van der Waals surface area contributed by atoms with Crippen molar-refractivity contribution in [3.05, 3.63) is 71.2 Å². The summed E-state index contributed by atoms with van der Waals surface area (Å²) in [5.41, 5.74) is 2.47. The number of benzene rings is 2. The van der Waals surface area contributed by atoms with Gasteiger partial charge in [0.05, 0.1) is 11.4 Å². The molecule has 0 N–H and O–H groups in total. The molecule has 1 saturated heterocycles. The Balaban J connectivity index is 1.77. The molecular weight excluding hydrogens is 472 g/mol. The fourth-order valence-corrected chi connectivity index (χ4v) is 35.1. The van der Waals surface area contributed by atoms with E-state index >= 15 is 0 Å². The number of aryl methyl sites for hydroxylation is 2. The van der Waals surface area contributed by atoms with Crippen LogP contribution in [0, 0.1) is 13.8 Å². The molecule has 3 aromatic rings. The van der Waals surface area contributed by atoms with E-state index in [4.69, 9.17) is 4.98 Å². The first-order valence-electron chi connectivity index (χ1n) is 7.73. The van der Waals surface area contributed by atoms with Crippen LogP contribution in [0.5, 0.6) is 0 Å². The smallest absolute Gasteiger partial charge is 0.149 e. The third kappa shape index (κ3) is 3.61. The van der Waals surface area contributed by atoms with Crippen molar-refractivity contribution in [3.8, 4) is 0 Å². The first-order chi connectivity index (χ1) is 12.1. The Morgan fingerprint density at radius 1 is 0.960 bits per heavy atom. The van der Waals surface area contributed by atoms with E-state index in [0.717, 1.165) is 0 Å². The summed E-state index contributed by atoms with van der Waals surface area (Å²) in [7, 11) is 0.867. The Bertz CT molecular complexity index is 838. The minimum Gasteiger partial charge on any atom is -0.254 e. The molecule has 134 valence electrons. The zero-order chi connectivity index (χ0) is 17.4. The molecule has 8 heteroatoms. The lowest BCUT2D eigenvalue weighted by Crippen LogP contribution is -1.99. The van der Waals surface area contributed by atoms with Crippen LogP contribution in [0.2, 0.25) is 0 Å². The van der Waals surface area contributed by atoms with Crippen molar-refractivity contribution in [2.75, 3.05) is 3.71 Å². The molecule has 0 saturated carbocycles. The van der Waals surface area contributed by atoms with Crippen LogP contribution in [0.4, 0.5) is 5.69 Å². The van der Waals surface area contributed by atoms with Crippen LogP contribution in [0.15, 0.2) is 69.9 Å². The Morgan fingerprint density at radius 3 is 2.20 bits per heavy atom. The van der Waals surface area contributed by atoms with Gasteiger partial charge in [0.15, 0.2) is 0 Å². The maximum absolute atomic E-state index is 4.94. The number of thiol groups is 3. The number of rotatable bonds is 3. The summed E-state index contributed by atoms with van der Waals surface area (Å²) < 4.78 is 3.83. The first-order valence-corrected chi connectivity index (χ1v) is 17.3. The molecule has 2 heterocycles. The summed E-state index contributed by atoms with van der Waals surface area (Å²) in [5.74, 6) is 0. The van der Waals surface area contributed by atoms with Gasteiger partial charge in [-0.25, -0.2) is 4.98 Å². The van der Waals surface area contributed by atoms with Crippen LogP contribution < -0.4 is 3.71 Å². The van der Waals surface area contributed by atoms with Crippen LogP contribution in [-0.2, 0) is 0 Å². The molecular formula is C17H19BrN2S5. The highest BCUT2D eigenvalue weighted by molar-refractivity contribution is 9.76. The fourth-order valence-electron chi connectivity index (χ4n) is 2.39. The summed E-state index contributed by atoms with van der Waals surface area (Å²) in [6.07, 6.45) is 0. The molecule has 1 fully saturated rings. The van der Waals surface area contributed by atoms with Crippen molar-refractivity contribution >= 4 is 69.3 Å². The lowest BCUT2D eigenvalue weighted by molar-refractivity contribution is 1.15. The number of hydrogen-bond acceptors (Lipinski definition) is 4. The van der Waals surface area contributed by atoms with E-state index in [1.807, 2.05) is 22.3 Å². The fraction of sp³-hybridized carbons (Fsp3) is 0.118. The van der Waals surface area contributed by atoms with Gasteiger partial charge in [-0.05, 0) is 52.9 Å². The maximum atomic E-state index is 4.94. The van der Waals surface area contributed by atoms with Gasteiger partial charge in [0.25, 0.3) is 0 Å². The van der Waals surface area contributed by atoms with E-state index in [2.05, 4.69) is 93.0 Å². The number of halogens is 1. The molecule has 0 spiro atoms. The van der Waals surface area contributed by atoms with Crippen molar-refractivity contribution in [2.45, 2.75) is 23.1 Å². The van der Waals surface area contributed by atoms with E-state index in [1.165, 1.54) is 25.5 Å². The lowest BCUT2D eigenvalue weighted by atomic mass is 10.3. The Hall–Kier alpha value is -0.250. The molecule has 2 aromatic carbocycles. The van der Waals surface area contributed by atoms with Crippen LogP contribution >= 0.6 is 63.6 Å². The zero-order valence-electron chi connectivity index (χ0n) is 13.7. The molecule has 0 bridgehead atoms. The van der Waals surface area contributed by atoms with Crippen LogP contribution in [0.1, 0.15) is 10.6 Å². The number of aromatic nitrogens is 1. The van der Waals surface area contributed by atoms with Crippen molar-refractivity contribution in [2.24, 2.45) is 0 Å². The van der Waals surface area contributed by atoms with Gasteiger partial charge < -0.3 is 0 Å². The molecule has 2 nitrogen and oxygen atoms in total. The first kappa shape index (κ1) is 18.1. The summed E-state index contributed by atoms with van der Waals surface area (Å²) in [6, 6.07) is 21.7. The predicted molar refractivity (Wildman–Crippen MR) is 127 cm³/mol. The van der Waals surface area contributed by atoms with Gasteiger partial charge in [-0.2, -0.15) is 0 Å². The van der Waals surface area contributed by atoms with Gasteiger partial charge in [-0.3, -0.25) is 3.71 Å². The standard InChI is InChI=1S/C17H19BrN2S5/c1-13-14(2)21-17(19-13)23-22-20(15-9-5-3-6-10-15)25(18)24(23)16-11-7-4-8-12-16/h3-12,23-25H,1-2H3. The molecule has 4 rings (SSSR count). The number of anilines is 1. The van der Waals surface area contributed by atoms with Crippen LogP contribution in [-0.4, -0.2) is 4.98 Å². The second-order valence-corrected chi connectivity index (χ2v) is 22.5. The second kappa shape index (κ2) is 7.78.